The van der Waals surface area contributed by atoms with Crippen LogP contribution in [0.3, 0.4) is 0 Å². The number of aryl methyl sites for hydroxylation is 1. The zero-order valence-electron chi connectivity index (χ0n) is 14.8. The molecular formula is C20H11BrFN3O3S. The van der Waals surface area contributed by atoms with Crippen molar-refractivity contribution in [2.24, 2.45) is 0 Å². The topological polar surface area (TPSA) is 76.3 Å². The largest absolute Gasteiger partial charge is 0.450 e. The number of aromatic nitrogens is 2. The molecule has 2 aromatic heterocycles. The van der Waals surface area contributed by atoms with Crippen molar-refractivity contribution in [2.45, 2.75) is 13.0 Å². The number of fused-ring (bicyclic) bond motifs is 2. The Morgan fingerprint density at radius 3 is 2.59 bits per heavy atom. The van der Waals surface area contributed by atoms with Gasteiger partial charge in [0.25, 0.3) is 5.91 Å². The molecule has 0 fully saturated rings. The molecule has 4 aromatic rings. The number of carbonyl (C=O) groups is 1. The van der Waals surface area contributed by atoms with E-state index in [1.165, 1.54) is 28.4 Å². The van der Waals surface area contributed by atoms with Crippen molar-refractivity contribution >= 4 is 49.3 Å². The van der Waals surface area contributed by atoms with Gasteiger partial charge in [-0.3, -0.25) is 14.5 Å². The van der Waals surface area contributed by atoms with Crippen molar-refractivity contribution in [3.05, 3.63) is 84.9 Å². The Morgan fingerprint density at radius 1 is 1.14 bits per heavy atom. The highest BCUT2D eigenvalue weighted by Crippen LogP contribution is 2.42. The summed E-state index contributed by atoms with van der Waals surface area (Å²) >= 11 is 4.59. The molecule has 0 radical (unpaired) electrons. The van der Waals surface area contributed by atoms with Crippen LogP contribution in [0, 0.1) is 12.7 Å². The van der Waals surface area contributed by atoms with Crippen LogP contribution in [-0.2, 0) is 0 Å². The average molecular weight is 472 g/mol. The monoisotopic (exact) mass is 471 g/mol. The quantitative estimate of drug-likeness (QED) is 0.426. The van der Waals surface area contributed by atoms with Gasteiger partial charge in [-0.25, -0.2) is 4.39 Å². The molecule has 1 aliphatic heterocycles. The Morgan fingerprint density at radius 2 is 1.90 bits per heavy atom. The highest BCUT2D eigenvalue weighted by molar-refractivity contribution is 9.10. The molecule has 0 spiro atoms. The van der Waals surface area contributed by atoms with E-state index in [0.717, 1.165) is 4.47 Å². The number of nitrogens with zero attached hydrogens (tertiary/aromatic N) is 3. The van der Waals surface area contributed by atoms with Crippen LogP contribution < -0.4 is 10.3 Å². The van der Waals surface area contributed by atoms with E-state index >= 15 is 0 Å². The Balaban J connectivity index is 1.83. The van der Waals surface area contributed by atoms with Gasteiger partial charge >= 0.3 is 0 Å². The molecule has 0 aliphatic carbocycles. The van der Waals surface area contributed by atoms with Gasteiger partial charge in [-0.2, -0.15) is 0 Å². The van der Waals surface area contributed by atoms with Crippen molar-refractivity contribution in [2.75, 3.05) is 4.90 Å². The summed E-state index contributed by atoms with van der Waals surface area (Å²) in [7, 11) is 0. The van der Waals surface area contributed by atoms with Gasteiger partial charge in [0.2, 0.25) is 10.9 Å². The van der Waals surface area contributed by atoms with Crippen LogP contribution in [0.25, 0.3) is 11.0 Å². The van der Waals surface area contributed by atoms with E-state index in [4.69, 9.17) is 4.42 Å². The molecule has 0 saturated carbocycles. The van der Waals surface area contributed by atoms with Gasteiger partial charge < -0.3 is 4.42 Å². The van der Waals surface area contributed by atoms with E-state index in [1.807, 2.05) is 0 Å². The lowest BCUT2D eigenvalue weighted by Crippen LogP contribution is -2.29. The van der Waals surface area contributed by atoms with Crippen LogP contribution in [0.5, 0.6) is 0 Å². The third-order valence-corrected chi connectivity index (χ3v) is 6.07. The molecule has 1 amide bonds. The lowest BCUT2D eigenvalue weighted by atomic mass is 9.99. The SMILES string of the molecule is Cc1nnc(N2C(=O)c3oc4ccc(Br)cc4c(=O)c3C2c2ccc(F)cc2)s1. The molecule has 0 saturated heterocycles. The number of rotatable bonds is 2. The number of hydrogen-bond acceptors (Lipinski definition) is 6. The number of carbonyl (C=O) groups excluding carboxylic acids is 1. The number of hydrogen-bond donors (Lipinski definition) is 0. The van der Waals surface area contributed by atoms with Crippen molar-refractivity contribution in [1.29, 1.82) is 0 Å². The summed E-state index contributed by atoms with van der Waals surface area (Å²) in [6.07, 6.45) is 0. The first-order valence-electron chi connectivity index (χ1n) is 8.59. The van der Waals surface area contributed by atoms with E-state index in [-0.39, 0.29) is 16.8 Å². The fraction of sp³-hybridized carbons (Fsp3) is 0.100. The molecule has 0 bridgehead atoms. The second kappa shape index (κ2) is 6.57. The van der Waals surface area contributed by atoms with Crippen molar-refractivity contribution < 1.29 is 13.6 Å². The molecule has 5 rings (SSSR count). The molecule has 2 aromatic carbocycles. The number of anilines is 1. The lowest BCUT2D eigenvalue weighted by Gasteiger charge is -2.22. The molecule has 6 nitrogen and oxygen atoms in total. The van der Waals surface area contributed by atoms with E-state index in [0.29, 0.717) is 26.7 Å². The van der Waals surface area contributed by atoms with E-state index in [2.05, 4.69) is 26.1 Å². The van der Waals surface area contributed by atoms with Gasteiger partial charge in [0.1, 0.15) is 16.4 Å². The van der Waals surface area contributed by atoms with Crippen LogP contribution in [0.2, 0.25) is 0 Å². The minimum Gasteiger partial charge on any atom is -0.450 e. The standard InChI is InChI=1S/C20H11BrFN3O3S/c1-9-23-24-20(29-9)25-16(10-2-5-12(22)6-3-10)15-17(26)13-8-11(21)4-7-14(13)28-18(15)19(25)27/h2-8,16H,1H3. The molecule has 29 heavy (non-hydrogen) atoms. The zero-order chi connectivity index (χ0) is 20.3. The van der Waals surface area contributed by atoms with E-state index in [1.54, 1.807) is 37.3 Å². The highest BCUT2D eigenvalue weighted by atomic mass is 79.9. The smallest absolute Gasteiger partial charge is 0.297 e. The second-order valence-electron chi connectivity index (χ2n) is 6.55. The summed E-state index contributed by atoms with van der Waals surface area (Å²) < 4.78 is 20.1. The van der Waals surface area contributed by atoms with Gasteiger partial charge in [0.15, 0.2) is 5.43 Å². The van der Waals surface area contributed by atoms with Gasteiger partial charge in [-0.1, -0.05) is 39.4 Å². The predicted molar refractivity (Wildman–Crippen MR) is 110 cm³/mol. The molecule has 0 N–H and O–H groups in total. The van der Waals surface area contributed by atoms with Crippen LogP contribution in [-0.4, -0.2) is 16.1 Å². The maximum absolute atomic E-state index is 13.5. The summed E-state index contributed by atoms with van der Waals surface area (Å²) in [6, 6.07) is 9.93. The first-order valence-corrected chi connectivity index (χ1v) is 10.2. The molecule has 1 atom stereocenters. The number of benzene rings is 2. The van der Waals surface area contributed by atoms with E-state index < -0.39 is 17.8 Å². The van der Waals surface area contributed by atoms with Gasteiger partial charge in [0, 0.05) is 4.47 Å². The molecule has 1 aliphatic rings. The van der Waals surface area contributed by atoms with E-state index in [9.17, 15) is 14.0 Å². The molecule has 3 heterocycles. The van der Waals surface area contributed by atoms with Crippen LogP contribution in [0.4, 0.5) is 9.52 Å². The Hall–Kier alpha value is -2.91. The highest BCUT2D eigenvalue weighted by Gasteiger charge is 2.45. The zero-order valence-corrected chi connectivity index (χ0v) is 17.3. The maximum Gasteiger partial charge on any atom is 0.297 e. The second-order valence-corrected chi connectivity index (χ2v) is 8.62. The van der Waals surface area contributed by atoms with Crippen LogP contribution >= 0.6 is 27.3 Å². The lowest BCUT2D eigenvalue weighted by molar-refractivity contribution is 0.0970. The Bertz CT molecular complexity index is 1350. The fourth-order valence-electron chi connectivity index (χ4n) is 3.49. The van der Waals surface area contributed by atoms with Crippen molar-refractivity contribution in [1.82, 2.24) is 10.2 Å². The maximum atomic E-state index is 13.5. The van der Waals surface area contributed by atoms with Gasteiger partial charge in [-0.15, -0.1) is 10.2 Å². The Labute approximate surface area is 175 Å². The number of amides is 1. The first-order chi connectivity index (χ1) is 13.9. The summed E-state index contributed by atoms with van der Waals surface area (Å²) in [6.45, 7) is 1.77. The fourth-order valence-corrected chi connectivity index (χ4v) is 4.56. The average Bonchev–Trinajstić information content (AvgIpc) is 3.25. The predicted octanol–water partition coefficient (Wildman–Crippen LogP) is 4.60. The minimum atomic E-state index is -0.787. The normalized spacial score (nSPS) is 15.9. The number of halogens is 2. The van der Waals surface area contributed by atoms with Crippen molar-refractivity contribution in [3.8, 4) is 0 Å². The summed E-state index contributed by atoms with van der Waals surface area (Å²) in [5.41, 5.74) is 0.792. The molecule has 1 unspecified atom stereocenters. The van der Waals surface area contributed by atoms with Gasteiger partial charge in [0.05, 0.1) is 17.0 Å². The summed E-state index contributed by atoms with van der Waals surface area (Å²) in [5, 5.41) is 9.45. The van der Waals surface area contributed by atoms with Crippen molar-refractivity contribution in [3.63, 3.8) is 0 Å². The summed E-state index contributed by atoms with van der Waals surface area (Å²) in [5.74, 6) is -0.925. The minimum absolute atomic E-state index is 0.0352. The summed E-state index contributed by atoms with van der Waals surface area (Å²) in [4.78, 5) is 28.0. The third kappa shape index (κ3) is 2.80. The molecule has 9 heteroatoms. The van der Waals surface area contributed by atoms with Crippen LogP contribution in [0.15, 0.2) is 56.1 Å². The third-order valence-electron chi connectivity index (χ3n) is 4.74. The molecular weight excluding hydrogens is 461 g/mol. The van der Waals surface area contributed by atoms with Gasteiger partial charge in [-0.05, 0) is 42.8 Å². The first kappa shape index (κ1) is 18.1. The van der Waals surface area contributed by atoms with Crippen LogP contribution in [0.1, 0.15) is 32.7 Å². The Kier molecular flexibility index (Phi) is 4.11. The molecule has 144 valence electrons.